The summed E-state index contributed by atoms with van der Waals surface area (Å²) < 4.78 is 61.0. The van der Waals surface area contributed by atoms with Crippen LogP contribution in [0.1, 0.15) is 45.0 Å². The van der Waals surface area contributed by atoms with Crippen molar-refractivity contribution in [1.29, 1.82) is 0 Å². The summed E-state index contributed by atoms with van der Waals surface area (Å²) in [4.78, 5) is 0. The van der Waals surface area contributed by atoms with Gasteiger partial charge in [0.15, 0.2) is 17.9 Å². The summed E-state index contributed by atoms with van der Waals surface area (Å²) in [5, 5.41) is 0. The van der Waals surface area contributed by atoms with Gasteiger partial charge in [0, 0.05) is 22.6 Å². The number of halogens is 3. The molecular weight excluding hydrogens is 465 g/mol. The van der Waals surface area contributed by atoms with Crippen molar-refractivity contribution in [3.63, 3.8) is 0 Å². The zero-order valence-electron chi connectivity index (χ0n) is 20.6. The minimum Gasteiger partial charge on any atom is -0.490 e. The molecule has 4 rings (SSSR count). The van der Waals surface area contributed by atoms with Gasteiger partial charge in [-0.2, -0.15) is 4.39 Å². The Labute approximate surface area is 210 Å². The van der Waals surface area contributed by atoms with Gasteiger partial charge in [-0.25, -0.2) is 8.78 Å². The molecule has 1 fully saturated rings. The van der Waals surface area contributed by atoms with Gasteiger partial charge >= 0.3 is 0 Å². The molecule has 0 radical (unpaired) electrons. The van der Waals surface area contributed by atoms with E-state index in [1.807, 2.05) is 19.9 Å². The maximum atomic E-state index is 15.0. The standard InChI is InChI=1S/C30H31F3O3/c1-3-5-6-7-20-18-35-30(36-19-20)23-12-13-24(26(31)17-23)21-8-10-22(11-9-21)25-14-15-27(34-16-4-2)29(33)28(25)32/h3,5,8-15,17,20,30H,4,6-7,16,18-19H2,1-2H3. The smallest absolute Gasteiger partial charge is 0.201 e. The topological polar surface area (TPSA) is 27.7 Å². The van der Waals surface area contributed by atoms with Crippen LogP contribution in [-0.4, -0.2) is 19.8 Å². The fraction of sp³-hybridized carbons (Fsp3) is 0.333. The van der Waals surface area contributed by atoms with Gasteiger partial charge in [-0.15, -0.1) is 0 Å². The van der Waals surface area contributed by atoms with Crippen LogP contribution in [0.25, 0.3) is 22.3 Å². The molecule has 1 aliphatic rings. The molecule has 0 bridgehead atoms. The molecule has 3 aromatic carbocycles. The quantitative estimate of drug-likeness (QED) is 0.279. The average molecular weight is 497 g/mol. The van der Waals surface area contributed by atoms with Crippen molar-refractivity contribution in [2.24, 2.45) is 5.92 Å². The van der Waals surface area contributed by atoms with E-state index in [1.54, 1.807) is 36.4 Å². The molecule has 1 saturated heterocycles. The Hall–Kier alpha value is -3.09. The van der Waals surface area contributed by atoms with Crippen LogP contribution in [0.2, 0.25) is 0 Å². The minimum atomic E-state index is -1.01. The number of allylic oxidation sites excluding steroid dienone is 2. The maximum absolute atomic E-state index is 15.0. The van der Waals surface area contributed by atoms with Crippen LogP contribution in [0.3, 0.4) is 0 Å². The van der Waals surface area contributed by atoms with Crippen molar-refractivity contribution in [2.45, 2.75) is 39.4 Å². The van der Waals surface area contributed by atoms with E-state index in [0.717, 1.165) is 12.8 Å². The molecule has 1 aliphatic heterocycles. The molecule has 0 amide bonds. The minimum absolute atomic E-state index is 0.105. The van der Waals surface area contributed by atoms with E-state index in [-0.39, 0.29) is 11.3 Å². The van der Waals surface area contributed by atoms with E-state index in [9.17, 15) is 8.78 Å². The lowest BCUT2D eigenvalue weighted by Crippen LogP contribution is -2.27. The van der Waals surface area contributed by atoms with Gasteiger partial charge in [0.25, 0.3) is 0 Å². The van der Waals surface area contributed by atoms with Gasteiger partial charge in [0.2, 0.25) is 5.82 Å². The molecular formula is C30H31F3O3. The number of hydrogen-bond donors (Lipinski definition) is 0. The van der Waals surface area contributed by atoms with Gasteiger partial charge < -0.3 is 14.2 Å². The maximum Gasteiger partial charge on any atom is 0.201 e. The van der Waals surface area contributed by atoms with Crippen LogP contribution >= 0.6 is 0 Å². The van der Waals surface area contributed by atoms with Crippen molar-refractivity contribution >= 4 is 0 Å². The monoisotopic (exact) mass is 496 g/mol. The summed E-state index contributed by atoms with van der Waals surface area (Å²) in [6, 6.07) is 14.5. The van der Waals surface area contributed by atoms with Crippen LogP contribution in [0.15, 0.2) is 66.7 Å². The molecule has 0 aliphatic carbocycles. The van der Waals surface area contributed by atoms with Crippen LogP contribution in [-0.2, 0) is 9.47 Å². The molecule has 0 atom stereocenters. The summed E-state index contributed by atoms with van der Waals surface area (Å²) in [5.74, 6) is -2.16. The van der Waals surface area contributed by atoms with E-state index in [0.29, 0.717) is 54.4 Å². The van der Waals surface area contributed by atoms with Crippen LogP contribution in [0.4, 0.5) is 13.2 Å². The third kappa shape index (κ3) is 6.00. The highest BCUT2D eigenvalue weighted by Crippen LogP contribution is 2.34. The normalized spacial score (nSPS) is 18.0. The predicted octanol–water partition coefficient (Wildman–Crippen LogP) is 8.24. The Morgan fingerprint density at radius 2 is 1.56 bits per heavy atom. The molecule has 0 saturated carbocycles. The Balaban J connectivity index is 1.45. The van der Waals surface area contributed by atoms with E-state index < -0.39 is 23.7 Å². The highest BCUT2D eigenvalue weighted by Gasteiger charge is 2.24. The van der Waals surface area contributed by atoms with Crippen molar-refractivity contribution in [3.8, 4) is 28.0 Å². The largest absolute Gasteiger partial charge is 0.490 e. The van der Waals surface area contributed by atoms with Crippen LogP contribution < -0.4 is 4.74 Å². The molecule has 36 heavy (non-hydrogen) atoms. The number of ether oxygens (including phenoxy) is 3. The number of hydrogen-bond acceptors (Lipinski definition) is 3. The van der Waals surface area contributed by atoms with Crippen LogP contribution in [0.5, 0.6) is 5.75 Å². The summed E-state index contributed by atoms with van der Waals surface area (Å²) in [6.45, 7) is 5.36. The fourth-order valence-electron chi connectivity index (χ4n) is 4.22. The van der Waals surface area contributed by atoms with Crippen LogP contribution in [0, 0.1) is 23.4 Å². The molecule has 0 spiro atoms. The lowest BCUT2D eigenvalue weighted by molar-refractivity contribution is -0.205. The second-order valence-corrected chi connectivity index (χ2v) is 8.92. The average Bonchev–Trinajstić information content (AvgIpc) is 2.90. The zero-order chi connectivity index (χ0) is 25.5. The third-order valence-corrected chi connectivity index (χ3v) is 6.22. The molecule has 1 heterocycles. The van der Waals surface area contributed by atoms with Gasteiger partial charge in [-0.3, -0.25) is 0 Å². The van der Waals surface area contributed by atoms with Gasteiger partial charge in [0.05, 0.1) is 19.8 Å². The van der Waals surface area contributed by atoms with Gasteiger partial charge in [0.1, 0.15) is 5.82 Å². The summed E-state index contributed by atoms with van der Waals surface area (Å²) >= 11 is 0. The predicted molar refractivity (Wildman–Crippen MR) is 135 cm³/mol. The van der Waals surface area contributed by atoms with Crippen molar-refractivity contribution < 1.29 is 27.4 Å². The molecule has 3 nitrogen and oxygen atoms in total. The molecule has 190 valence electrons. The molecule has 0 aromatic heterocycles. The summed E-state index contributed by atoms with van der Waals surface area (Å²) in [6.07, 6.45) is 6.25. The lowest BCUT2D eigenvalue weighted by Gasteiger charge is -2.29. The Bertz CT molecular complexity index is 1180. The lowest BCUT2D eigenvalue weighted by atomic mass is 9.98. The molecule has 6 heteroatoms. The second kappa shape index (κ2) is 12.2. The van der Waals surface area contributed by atoms with E-state index in [2.05, 4.69) is 6.08 Å². The second-order valence-electron chi connectivity index (χ2n) is 8.92. The Morgan fingerprint density at radius 3 is 2.19 bits per heavy atom. The molecule has 3 aromatic rings. The first-order chi connectivity index (χ1) is 17.5. The SMILES string of the molecule is CC=CCCC1COC(c2ccc(-c3ccc(-c4ccc(OCCC)c(F)c4F)cc3)c(F)c2)OC1. The fourth-order valence-corrected chi connectivity index (χ4v) is 4.22. The zero-order valence-corrected chi connectivity index (χ0v) is 20.6. The first-order valence-corrected chi connectivity index (χ1v) is 12.4. The molecule has 0 N–H and O–H groups in total. The van der Waals surface area contributed by atoms with E-state index >= 15 is 4.39 Å². The number of benzene rings is 3. The summed E-state index contributed by atoms with van der Waals surface area (Å²) in [7, 11) is 0. The number of rotatable bonds is 9. The van der Waals surface area contributed by atoms with Gasteiger partial charge in [-0.05, 0) is 55.5 Å². The Kier molecular flexibility index (Phi) is 8.83. The van der Waals surface area contributed by atoms with Crippen molar-refractivity contribution in [3.05, 3.63) is 89.8 Å². The highest BCUT2D eigenvalue weighted by molar-refractivity contribution is 5.71. The third-order valence-electron chi connectivity index (χ3n) is 6.22. The Morgan fingerprint density at radius 1 is 0.889 bits per heavy atom. The van der Waals surface area contributed by atoms with E-state index in [1.165, 1.54) is 18.2 Å². The van der Waals surface area contributed by atoms with Crippen molar-refractivity contribution in [1.82, 2.24) is 0 Å². The summed E-state index contributed by atoms with van der Waals surface area (Å²) in [5.41, 5.74) is 2.26. The first kappa shape index (κ1) is 26.0. The van der Waals surface area contributed by atoms with Gasteiger partial charge in [-0.1, -0.05) is 55.5 Å². The first-order valence-electron chi connectivity index (χ1n) is 12.4. The highest BCUT2D eigenvalue weighted by atomic mass is 19.2. The van der Waals surface area contributed by atoms with Crippen molar-refractivity contribution in [2.75, 3.05) is 19.8 Å². The van der Waals surface area contributed by atoms with E-state index in [4.69, 9.17) is 14.2 Å². The molecule has 0 unspecified atom stereocenters.